The number of thioether (sulfide) groups is 1. The van der Waals surface area contributed by atoms with Gasteiger partial charge in [-0.05, 0) is 37.1 Å². The van der Waals surface area contributed by atoms with Crippen LogP contribution in [-0.2, 0) is 4.79 Å². The van der Waals surface area contributed by atoms with E-state index >= 15 is 0 Å². The summed E-state index contributed by atoms with van der Waals surface area (Å²) in [4.78, 5) is 25.0. The van der Waals surface area contributed by atoms with Crippen molar-refractivity contribution in [2.24, 2.45) is 0 Å². The van der Waals surface area contributed by atoms with Gasteiger partial charge in [-0.25, -0.2) is 9.97 Å². The summed E-state index contributed by atoms with van der Waals surface area (Å²) in [5.41, 5.74) is 2.36. The van der Waals surface area contributed by atoms with E-state index in [-0.39, 0.29) is 5.91 Å². The van der Waals surface area contributed by atoms with E-state index in [0.717, 1.165) is 54.9 Å². The van der Waals surface area contributed by atoms with E-state index in [1.54, 1.807) is 24.2 Å². The molecule has 0 N–H and O–H groups in total. The Labute approximate surface area is 171 Å². The number of aromatic nitrogens is 2. The fraction of sp³-hybridized carbons (Fsp3) is 0.476. The van der Waals surface area contributed by atoms with Crippen LogP contribution in [0.2, 0.25) is 0 Å². The fourth-order valence-corrected chi connectivity index (χ4v) is 3.83. The number of amides is 1. The Morgan fingerprint density at radius 1 is 1.11 bits per heavy atom. The number of hydrogen-bond donors (Lipinski definition) is 0. The predicted octanol–water partition coefficient (Wildman–Crippen LogP) is 2.94. The Kier molecular flexibility index (Phi) is 7.54. The monoisotopic (exact) mass is 400 g/mol. The topological polar surface area (TPSA) is 58.6 Å². The van der Waals surface area contributed by atoms with Crippen LogP contribution in [-0.4, -0.2) is 65.1 Å². The van der Waals surface area contributed by atoms with Gasteiger partial charge in [-0.2, -0.15) is 11.8 Å². The molecular formula is C21H28N4O2S. The highest BCUT2D eigenvalue weighted by Gasteiger charge is 2.21. The second kappa shape index (κ2) is 10.3. The minimum absolute atomic E-state index is 0.233. The molecule has 1 aromatic heterocycles. The van der Waals surface area contributed by atoms with E-state index in [9.17, 15) is 4.79 Å². The van der Waals surface area contributed by atoms with E-state index in [0.29, 0.717) is 13.0 Å². The van der Waals surface area contributed by atoms with E-state index < -0.39 is 0 Å². The van der Waals surface area contributed by atoms with Crippen molar-refractivity contribution in [1.29, 1.82) is 0 Å². The number of nitrogens with zero attached hydrogens (tertiary/aromatic N) is 4. The quantitative estimate of drug-likeness (QED) is 0.635. The smallest absolute Gasteiger partial charge is 0.225 e. The molecule has 0 atom stereocenters. The summed E-state index contributed by atoms with van der Waals surface area (Å²) in [6.45, 7) is 7.83. The molecule has 0 bridgehead atoms. The molecule has 2 heterocycles. The molecule has 1 fully saturated rings. The Morgan fingerprint density at radius 2 is 1.86 bits per heavy atom. The van der Waals surface area contributed by atoms with Gasteiger partial charge in [0.1, 0.15) is 5.75 Å². The molecule has 150 valence electrons. The molecule has 0 saturated carbocycles. The molecule has 1 amide bonds. The van der Waals surface area contributed by atoms with Gasteiger partial charge in [0.05, 0.1) is 6.61 Å². The number of anilines is 1. The molecule has 3 rings (SSSR count). The van der Waals surface area contributed by atoms with E-state index in [1.165, 1.54) is 5.56 Å². The van der Waals surface area contributed by atoms with Crippen molar-refractivity contribution in [2.75, 3.05) is 49.2 Å². The first kappa shape index (κ1) is 20.5. The van der Waals surface area contributed by atoms with E-state index in [4.69, 9.17) is 4.74 Å². The van der Waals surface area contributed by atoms with Crippen LogP contribution in [0.3, 0.4) is 0 Å². The van der Waals surface area contributed by atoms with Gasteiger partial charge < -0.3 is 14.5 Å². The van der Waals surface area contributed by atoms with E-state index in [2.05, 4.69) is 46.9 Å². The lowest BCUT2D eigenvalue weighted by molar-refractivity contribution is -0.131. The second-order valence-electron chi connectivity index (χ2n) is 6.90. The molecule has 1 saturated heterocycles. The standard InChI is InChI=1S/C21H28N4O2S/c1-17-4-5-18(2)19(16-17)27-13-15-28-14-6-20(26)24-9-11-25(12-10-24)21-22-7-3-8-23-21/h3-5,7-8,16H,6,9-15H2,1-2H3. The van der Waals surface area contributed by atoms with Crippen LogP contribution in [0.4, 0.5) is 5.95 Å². The lowest BCUT2D eigenvalue weighted by Crippen LogP contribution is -2.49. The minimum Gasteiger partial charge on any atom is -0.492 e. The maximum atomic E-state index is 12.4. The molecule has 2 aromatic rings. The van der Waals surface area contributed by atoms with Crippen LogP contribution in [0.5, 0.6) is 5.75 Å². The molecule has 0 spiro atoms. The van der Waals surface area contributed by atoms with Crippen LogP contribution in [0.1, 0.15) is 17.5 Å². The van der Waals surface area contributed by atoms with Crippen molar-refractivity contribution >= 4 is 23.6 Å². The Hall–Kier alpha value is -2.28. The van der Waals surface area contributed by atoms with Gasteiger partial charge in [-0.1, -0.05) is 12.1 Å². The van der Waals surface area contributed by atoms with Crippen molar-refractivity contribution < 1.29 is 9.53 Å². The van der Waals surface area contributed by atoms with Crippen LogP contribution in [0.15, 0.2) is 36.7 Å². The maximum Gasteiger partial charge on any atom is 0.225 e. The molecule has 0 radical (unpaired) electrons. The number of benzene rings is 1. The number of ether oxygens (including phenoxy) is 1. The normalized spacial score (nSPS) is 14.2. The highest BCUT2D eigenvalue weighted by molar-refractivity contribution is 7.99. The molecule has 1 aromatic carbocycles. The van der Waals surface area contributed by atoms with Gasteiger partial charge in [-0.3, -0.25) is 4.79 Å². The van der Waals surface area contributed by atoms with Gasteiger partial charge >= 0.3 is 0 Å². The number of carbonyl (C=O) groups is 1. The Balaban J connectivity index is 1.29. The maximum absolute atomic E-state index is 12.4. The zero-order valence-corrected chi connectivity index (χ0v) is 17.5. The second-order valence-corrected chi connectivity index (χ2v) is 8.12. The molecule has 7 heteroatoms. The Morgan fingerprint density at radius 3 is 2.61 bits per heavy atom. The number of hydrogen-bond acceptors (Lipinski definition) is 6. The van der Waals surface area contributed by atoms with Crippen molar-refractivity contribution in [3.05, 3.63) is 47.8 Å². The van der Waals surface area contributed by atoms with Crippen molar-refractivity contribution in [2.45, 2.75) is 20.3 Å². The van der Waals surface area contributed by atoms with Gasteiger partial charge in [0.25, 0.3) is 0 Å². The summed E-state index contributed by atoms with van der Waals surface area (Å²) in [7, 11) is 0. The average Bonchev–Trinajstić information content (AvgIpc) is 2.73. The summed E-state index contributed by atoms with van der Waals surface area (Å²) in [6.07, 6.45) is 4.08. The summed E-state index contributed by atoms with van der Waals surface area (Å²) in [6, 6.07) is 8.06. The number of rotatable bonds is 8. The molecule has 28 heavy (non-hydrogen) atoms. The van der Waals surface area contributed by atoms with Crippen molar-refractivity contribution in [3.63, 3.8) is 0 Å². The first-order chi connectivity index (χ1) is 13.6. The molecule has 0 aliphatic carbocycles. The summed E-state index contributed by atoms with van der Waals surface area (Å²) in [5.74, 6) is 3.65. The SMILES string of the molecule is Cc1ccc(C)c(OCCSCCC(=O)N2CCN(c3ncccn3)CC2)c1. The van der Waals surface area contributed by atoms with Gasteiger partial charge in [-0.15, -0.1) is 0 Å². The predicted molar refractivity (Wildman–Crippen MR) is 114 cm³/mol. The average molecular weight is 401 g/mol. The molecule has 1 aliphatic rings. The minimum atomic E-state index is 0.233. The van der Waals surface area contributed by atoms with Crippen LogP contribution in [0.25, 0.3) is 0 Å². The third-order valence-electron chi connectivity index (χ3n) is 4.76. The van der Waals surface area contributed by atoms with Gasteiger partial charge in [0, 0.05) is 56.5 Å². The highest BCUT2D eigenvalue weighted by atomic mass is 32.2. The molecule has 1 aliphatic heterocycles. The lowest BCUT2D eigenvalue weighted by atomic mass is 10.1. The van der Waals surface area contributed by atoms with Crippen LogP contribution >= 0.6 is 11.8 Å². The van der Waals surface area contributed by atoms with Crippen LogP contribution in [0, 0.1) is 13.8 Å². The molecular weight excluding hydrogens is 372 g/mol. The zero-order chi connectivity index (χ0) is 19.8. The number of carbonyl (C=O) groups excluding carboxylic acids is 1. The number of piperazine rings is 1. The van der Waals surface area contributed by atoms with Crippen LogP contribution < -0.4 is 9.64 Å². The van der Waals surface area contributed by atoms with E-state index in [1.807, 2.05) is 11.0 Å². The number of aryl methyl sites for hydroxylation is 2. The molecule has 0 unspecified atom stereocenters. The van der Waals surface area contributed by atoms with Crippen molar-refractivity contribution in [1.82, 2.24) is 14.9 Å². The largest absolute Gasteiger partial charge is 0.492 e. The van der Waals surface area contributed by atoms with Crippen molar-refractivity contribution in [3.8, 4) is 5.75 Å². The Bertz CT molecular complexity index is 764. The first-order valence-electron chi connectivity index (χ1n) is 9.71. The van der Waals surface area contributed by atoms with Gasteiger partial charge in [0.15, 0.2) is 0 Å². The zero-order valence-electron chi connectivity index (χ0n) is 16.6. The summed E-state index contributed by atoms with van der Waals surface area (Å²) < 4.78 is 5.86. The summed E-state index contributed by atoms with van der Waals surface area (Å²) in [5, 5.41) is 0. The fourth-order valence-electron chi connectivity index (χ4n) is 3.10. The lowest BCUT2D eigenvalue weighted by Gasteiger charge is -2.34. The summed E-state index contributed by atoms with van der Waals surface area (Å²) >= 11 is 1.77. The third-order valence-corrected chi connectivity index (χ3v) is 5.70. The highest BCUT2D eigenvalue weighted by Crippen LogP contribution is 2.19. The molecule has 6 nitrogen and oxygen atoms in total. The van der Waals surface area contributed by atoms with Gasteiger partial charge in [0.2, 0.25) is 11.9 Å². The third kappa shape index (κ3) is 5.86. The first-order valence-corrected chi connectivity index (χ1v) is 10.9.